The first kappa shape index (κ1) is 14.7. The number of nitrogens with one attached hydrogen (secondary N) is 1. The van der Waals surface area contributed by atoms with Gasteiger partial charge in [0.05, 0.1) is 22.0 Å². The molecule has 8 heteroatoms. The smallest absolute Gasteiger partial charge is 0.293 e. The Balaban J connectivity index is 2.41. The van der Waals surface area contributed by atoms with Crippen molar-refractivity contribution in [2.24, 2.45) is 0 Å². The number of nitro benzene ring substituents is 1. The second-order valence-electron chi connectivity index (χ2n) is 5.13. The van der Waals surface area contributed by atoms with Crippen LogP contribution in [-0.4, -0.2) is 36.8 Å². The van der Waals surface area contributed by atoms with Crippen LogP contribution in [0.25, 0.3) is 0 Å². The maximum absolute atomic E-state index is 11.4. The van der Waals surface area contributed by atoms with Crippen molar-refractivity contribution in [2.45, 2.75) is 29.7 Å². The molecule has 1 aromatic rings. The fourth-order valence-electron chi connectivity index (χ4n) is 2.21. The Labute approximate surface area is 116 Å². The predicted octanol–water partition coefficient (Wildman–Crippen LogP) is 1.33. The standard InChI is InChI=1S/C12H16N2O5S/c1-20(18,19)9-3-4-10(11(7-9)14(16)17)13-12(8-15)5-2-6-12/h3-4,7,13,15H,2,5-6,8H2,1H3. The van der Waals surface area contributed by atoms with Crippen molar-refractivity contribution in [3.05, 3.63) is 28.3 Å². The summed E-state index contributed by atoms with van der Waals surface area (Å²) in [6, 6.07) is 3.75. The average molecular weight is 300 g/mol. The average Bonchev–Trinajstić information content (AvgIpc) is 2.32. The lowest BCUT2D eigenvalue weighted by Gasteiger charge is -2.41. The van der Waals surface area contributed by atoms with Crippen LogP contribution in [0, 0.1) is 10.1 Å². The van der Waals surface area contributed by atoms with E-state index in [-0.39, 0.29) is 22.9 Å². The Morgan fingerprint density at radius 3 is 2.50 bits per heavy atom. The third kappa shape index (κ3) is 2.75. The molecule has 0 radical (unpaired) electrons. The minimum absolute atomic E-state index is 0.0959. The van der Waals surface area contributed by atoms with Crippen molar-refractivity contribution in [2.75, 3.05) is 18.2 Å². The Bertz CT molecular complexity index is 632. The third-order valence-electron chi connectivity index (χ3n) is 3.61. The summed E-state index contributed by atoms with van der Waals surface area (Å²) in [4.78, 5) is 10.4. The quantitative estimate of drug-likeness (QED) is 0.627. The Morgan fingerprint density at radius 1 is 1.45 bits per heavy atom. The zero-order chi connectivity index (χ0) is 15.0. The van der Waals surface area contributed by atoms with Crippen molar-refractivity contribution >= 4 is 21.2 Å². The normalized spacial score (nSPS) is 17.3. The molecule has 0 atom stereocenters. The van der Waals surface area contributed by atoms with E-state index in [1.54, 1.807) is 0 Å². The lowest BCUT2D eigenvalue weighted by Crippen LogP contribution is -2.48. The molecule has 0 aliphatic heterocycles. The number of anilines is 1. The van der Waals surface area contributed by atoms with Gasteiger partial charge in [-0.25, -0.2) is 8.42 Å². The van der Waals surface area contributed by atoms with Gasteiger partial charge >= 0.3 is 0 Å². The lowest BCUT2D eigenvalue weighted by atomic mass is 9.77. The van der Waals surface area contributed by atoms with Crippen molar-refractivity contribution in [3.8, 4) is 0 Å². The van der Waals surface area contributed by atoms with E-state index in [0.29, 0.717) is 0 Å². The minimum Gasteiger partial charge on any atom is -0.394 e. The highest BCUT2D eigenvalue weighted by molar-refractivity contribution is 7.90. The molecule has 0 unspecified atom stereocenters. The number of aliphatic hydroxyl groups is 1. The maximum atomic E-state index is 11.4. The monoisotopic (exact) mass is 300 g/mol. The SMILES string of the molecule is CS(=O)(=O)c1ccc(NC2(CO)CCC2)c([N+](=O)[O-])c1. The molecular weight excluding hydrogens is 284 g/mol. The lowest BCUT2D eigenvalue weighted by molar-refractivity contribution is -0.384. The molecule has 1 saturated carbocycles. The van der Waals surface area contributed by atoms with Gasteiger partial charge in [-0.05, 0) is 31.4 Å². The van der Waals surface area contributed by atoms with Gasteiger partial charge in [0.15, 0.2) is 9.84 Å². The number of aliphatic hydroxyl groups excluding tert-OH is 1. The summed E-state index contributed by atoms with van der Waals surface area (Å²) in [6.07, 6.45) is 3.41. The molecule has 0 saturated heterocycles. The second-order valence-corrected chi connectivity index (χ2v) is 7.14. The van der Waals surface area contributed by atoms with Crippen LogP contribution in [0.2, 0.25) is 0 Å². The van der Waals surface area contributed by atoms with Crippen LogP contribution in [0.3, 0.4) is 0 Å². The van der Waals surface area contributed by atoms with Gasteiger partial charge in [-0.3, -0.25) is 10.1 Å². The highest BCUT2D eigenvalue weighted by Crippen LogP contribution is 2.38. The van der Waals surface area contributed by atoms with Crippen molar-refractivity contribution in [3.63, 3.8) is 0 Å². The highest BCUT2D eigenvalue weighted by Gasteiger charge is 2.37. The number of benzene rings is 1. The Kier molecular flexibility index (Phi) is 3.70. The molecule has 1 aliphatic rings. The van der Waals surface area contributed by atoms with Crippen molar-refractivity contribution in [1.29, 1.82) is 0 Å². The van der Waals surface area contributed by atoms with Crippen LogP contribution in [-0.2, 0) is 9.84 Å². The van der Waals surface area contributed by atoms with Gasteiger partial charge < -0.3 is 10.4 Å². The molecule has 0 bridgehead atoms. The Hall–Kier alpha value is -1.67. The summed E-state index contributed by atoms with van der Waals surface area (Å²) in [5.41, 5.74) is -0.596. The first-order chi connectivity index (χ1) is 9.27. The van der Waals surface area contributed by atoms with Gasteiger partial charge in [0, 0.05) is 12.3 Å². The largest absolute Gasteiger partial charge is 0.394 e. The molecular formula is C12H16N2O5S. The van der Waals surface area contributed by atoms with Crippen LogP contribution in [0.4, 0.5) is 11.4 Å². The van der Waals surface area contributed by atoms with Gasteiger partial charge in [0.2, 0.25) is 0 Å². The van der Waals surface area contributed by atoms with E-state index in [4.69, 9.17) is 0 Å². The number of sulfone groups is 1. The summed E-state index contributed by atoms with van der Waals surface area (Å²) in [5.74, 6) is 0. The maximum Gasteiger partial charge on any atom is 0.293 e. The van der Waals surface area contributed by atoms with Crippen LogP contribution in [0.5, 0.6) is 0 Å². The van der Waals surface area contributed by atoms with Crippen molar-refractivity contribution < 1.29 is 18.4 Å². The summed E-state index contributed by atoms with van der Waals surface area (Å²) >= 11 is 0. The van der Waals surface area contributed by atoms with E-state index < -0.39 is 20.3 Å². The molecule has 0 amide bonds. The first-order valence-electron chi connectivity index (χ1n) is 6.15. The van der Waals surface area contributed by atoms with Gasteiger partial charge in [0.1, 0.15) is 5.69 Å². The number of hydrogen-bond donors (Lipinski definition) is 2. The Morgan fingerprint density at radius 2 is 2.10 bits per heavy atom. The van der Waals surface area contributed by atoms with Crippen LogP contribution >= 0.6 is 0 Å². The number of nitrogens with zero attached hydrogens (tertiary/aromatic N) is 1. The van der Waals surface area contributed by atoms with E-state index in [0.717, 1.165) is 31.6 Å². The number of hydrogen-bond acceptors (Lipinski definition) is 6. The molecule has 1 fully saturated rings. The molecule has 2 rings (SSSR count). The van der Waals surface area contributed by atoms with Gasteiger partial charge in [0.25, 0.3) is 5.69 Å². The minimum atomic E-state index is -3.50. The van der Waals surface area contributed by atoms with E-state index in [9.17, 15) is 23.6 Å². The number of rotatable bonds is 5. The van der Waals surface area contributed by atoms with Gasteiger partial charge in [-0.1, -0.05) is 0 Å². The third-order valence-corrected chi connectivity index (χ3v) is 4.72. The van der Waals surface area contributed by atoms with E-state index in [1.807, 2.05) is 0 Å². The molecule has 0 heterocycles. The molecule has 1 aromatic carbocycles. The van der Waals surface area contributed by atoms with E-state index >= 15 is 0 Å². The van der Waals surface area contributed by atoms with Gasteiger partial charge in [-0.15, -0.1) is 0 Å². The van der Waals surface area contributed by atoms with Crippen LogP contribution < -0.4 is 5.32 Å². The second kappa shape index (κ2) is 5.02. The first-order valence-corrected chi connectivity index (χ1v) is 8.04. The topological polar surface area (TPSA) is 110 Å². The summed E-state index contributed by atoms with van der Waals surface area (Å²) in [6.45, 7) is -0.113. The summed E-state index contributed by atoms with van der Waals surface area (Å²) in [5, 5.41) is 23.5. The zero-order valence-corrected chi connectivity index (χ0v) is 11.8. The molecule has 7 nitrogen and oxygen atoms in total. The summed E-state index contributed by atoms with van der Waals surface area (Å²) in [7, 11) is -3.50. The van der Waals surface area contributed by atoms with Crippen LogP contribution in [0.1, 0.15) is 19.3 Å². The van der Waals surface area contributed by atoms with Crippen LogP contribution in [0.15, 0.2) is 23.1 Å². The fourth-order valence-corrected chi connectivity index (χ4v) is 2.85. The predicted molar refractivity (Wildman–Crippen MR) is 73.5 cm³/mol. The van der Waals surface area contributed by atoms with E-state index in [2.05, 4.69) is 5.32 Å². The van der Waals surface area contributed by atoms with Gasteiger partial charge in [-0.2, -0.15) is 0 Å². The molecule has 0 aromatic heterocycles. The molecule has 1 aliphatic carbocycles. The molecule has 20 heavy (non-hydrogen) atoms. The molecule has 2 N–H and O–H groups in total. The molecule has 0 spiro atoms. The van der Waals surface area contributed by atoms with Crippen molar-refractivity contribution in [1.82, 2.24) is 0 Å². The highest BCUT2D eigenvalue weighted by atomic mass is 32.2. The number of nitro groups is 1. The fraction of sp³-hybridized carbons (Fsp3) is 0.500. The zero-order valence-electron chi connectivity index (χ0n) is 11.0. The van der Waals surface area contributed by atoms with E-state index in [1.165, 1.54) is 12.1 Å². The molecule has 110 valence electrons. The summed E-state index contributed by atoms with van der Waals surface area (Å²) < 4.78 is 22.9.